The molecule has 92 valence electrons. The second-order valence-corrected chi connectivity index (χ2v) is 6.01. The van der Waals surface area contributed by atoms with Gasteiger partial charge in [0.05, 0.1) is 0 Å². The molecule has 0 aliphatic heterocycles. The lowest BCUT2D eigenvalue weighted by atomic mass is 10.1. The Morgan fingerprint density at radius 1 is 1.44 bits per heavy atom. The Balaban J connectivity index is 2.27. The van der Waals surface area contributed by atoms with Crippen LogP contribution < -0.4 is 5.32 Å². The molecule has 16 heavy (non-hydrogen) atoms. The van der Waals surface area contributed by atoms with Crippen molar-refractivity contribution in [2.24, 2.45) is 0 Å². The average Bonchev–Trinajstić information content (AvgIpc) is 2.66. The molecule has 0 atom stereocenters. The summed E-state index contributed by atoms with van der Waals surface area (Å²) in [6.45, 7) is 9.94. The van der Waals surface area contributed by atoms with Crippen molar-refractivity contribution in [1.29, 1.82) is 0 Å². The summed E-state index contributed by atoms with van der Waals surface area (Å²) in [5, 5.41) is 5.66. The molecule has 0 amide bonds. The molecule has 0 saturated carbocycles. The topological polar surface area (TPSA) is 15.3 Å². The molecule has 0 aliphatic carbocycles. The van der Waals surface area contributed by atoms with Gasteiger partial charge in [0.2, 0.25) is 0 Å². The molecule has 1 aromatic heterocycles. The number of thiophene rings is 1. The van der Waals surface area contributed by atoms with Crippen molar-refractivity contribution in [2.45, 2.75) is 32.7 Å². The molecular formula is C13H24N2S. The molecule has 0 radical (unpaired) electrons. The van der Waals surface area contributed by atoms with Crippen molar-refractivity contribution in [3.8, 4) is 0 Å². The molecule has 1 N–H and O–H groups in total. The number of nitrogens with one attached hydrogen (secondary N) is 1. The first-order chi connectivity index (χ1) is 7.53. The van der Waals surface area contributed by atoms with Crippen LogP contribution in [0.2, 0.25) is 0 Å². The summed E-state index contributed by atoms with van der Waals surface area (Å²) < 4.78 is 0. The minimum absolute atomic E-state index is 0.207. The Morgan fingerprint density at radius 2 is 2.19 bits per heavy atom. The van der Waals surface area contributed by atoms with Crippen LogP contribution in [0.3, 0.4) is 0 Å². The van der Waals surface area contributed by atoms with Gasteiger partial charge in [0.15, 0.2) is 0 Å². The average molecular weight is 240 g/mol. The summed E-state index contributed by atoms with van der Waals surface area (Å²) in [6.07, 6.45) is 1.16. The van der Waals surface area contributed by atoms with Gasteiger partial charge in [-0.3, -0.25) is 0 Å². The van der Waals surface area contributed by atoms with Crippen molar-refractivity contribution >= 4 is 11.3 Å². The third-order valence-corrected chi connectivity index (χ3v) is 3.58. The summed E-state index contributed by atoms with van der Waals surface area (Å²) >= 11 is 1.85. The van der Waals surface area contributed by atoms with Gasteiger partial charge < -0.3 is 10.2 Å². The zero-order valence-corrected chi connectivity index (χ0v) is 11.7. The third-order valence-electron chi connectivity index (χ3n) is 2.64. The zero-order valence-electron chi connectivity index (χ0n) is 10.9. The molecule has 1 aromatic rings. The lowest BCUT2D eigenvalue weighted by molar-refractivity contribution is 0.240. The minimum Gasteiger partial charge on any atom is -0.311 e. The molecule has 0 bridgehead atoms. The first-order valence-electron chi connectivity index (χ1n) is 5.99. The highest BCUT2D eigenvalue weighted by Gasteiger charge is 2.17. The van der Waals surface area contributed by atoms with Crippen molar-refractivity contribution in [2.75, 3.05) is 26.7 Å². The van der Waals surface area contributed by atoms with E-state index < -0.39 is 0 Å². The summed E-state index contributed by atoms with van der Waals surface area (Å²) in [5.41, 5.74) is 0.207. The second-order valence-electron chi connectivity index (χ2n) is 4.98. The smallest absolute Gasteiger partial charge is 0.0251 e. The van der Waals surface area contributed by atoms with E-state index >= 15 is 0 Å². The molecule has 0 unspecified atom stereocenters. The molecule has 0 fully saturated rings. The quantitative estimate of drug-likeness (QED) is 0.788. The van der Waals surface area contributed by atoms with Crippen molar-refractivity contribution in [1.82, 2.24) is 10.2 Å². The Hall–Kier alpha value is -0.380. The fourth-order valence-corrected chi connectivity index (χ4v) is 2.74. The maximum atomic E-state index is 3.51. The first kappa shape index (κ1) is 13.7. The predicted molar refractivity (Wildman–Crippen MR) is 73.3 cm³/mol. The van der Waals surface area contributed by atoms with Crippen LogP contribution in [0.4, 0.5) is 0 Å². The van der Waals surface area contributed by atoms with Crippen LogP contribution in [-0.4, -0.2) is 37.1 Å². The van der Waals surface area contributed by atoms with Crippen LogP contribution in [0.15, 0.2) is 17.5 Å². The fraction of sp³-hybridized carbons (Fsp3) is 0.692. The Bertz CT molecular complexity index is 280. The maximum Gasteiger partial charge on any atom is 0.0251 e. The molecular weight excluding hydrogens is 216 g/mol. The van der Waals surface area contributed by atoms with E-state index in [2.05, 4.69) is 55.5 Å². The highest BCUT2D eigenvalue weighted by Crippen LogP contribution is 2.10. The van der Waals surface area contributed by atoms with Gasteiger partial charge in [-0.1, -0.05) is 13.0 Å². The van der Waals surface area contributed by atoms with Gasteiger partial charge in [0.1, 0.15) is 0 Å². The summed E-state index contributed by atoms with van der Waals surface area (Å²) in [6, 6.07) is 4.34. The normalized spacial score (nSPS) is 12.3. The van der Waals surface area contributed by atoms with Gasteiger partial charge in [-0.05, 0) is 45.3 Å². The number of hydrogen-bond acceptors (Lipinski definition) is 3. The first-order valence-corrected chi connectivity index (χ1v) is 6.87. The monoisotopic (exact) mass is 240 g/mol. The summed E-state index contributed by atoms with van der Waals surface area (Å²) in [7, 11) is 2.20. The fourth-order valence-electron chi connectivity index (χ4n) is 2.04. The maximum absolute atomic E-state index is 3.51. The highest BCUT2D eigenvalue weighted by molar-refractivity contribution is 7.09. The Morgan fingerprint density at radius 3 is 2.75 bits per heavy atom. The number of rotatable bonds is 7. The van der Waals surface area contributed by atoms with Gasteiger partial charge in [-0.25, -0.2) is 0 Å². The summed E-state index contributed by atoms with van der Waals surface area (Å²) in [4.78, 5) is 3.88. The van der Waals surface area contributed by atoms with Crippen molar-refractivity contribution in [3.63, 3.8) is 0 Å². The van der Waals surface area contributed by atoms with Crippen LogP contribution in [0, 0.1) is 0 Å². The van der Waals surface area contributed by atoms with E-state index in [9.17, 15) is 0 Å². The van der Waals surface area contributed by atoms with Crippen molar-refractivity contribution < 1.29 is 0 Å². The van der Waals surface area contributed by atoms with Crippen LogP contribution in [-0.2, 0) is 6.42 Å². The Kier molecular flexibility index (Phi) is 5.46. The third kappa shape index (κ3) is 5.10. The lowest BCUT2D eigenvalue weighted by Gasteiger charge is -2.31. The largest absolute Gasteiger partial charge is 0.311 e. The molecule has 1 heterocycles. The Labute approximate surface area is 104 Å². The zero-order chi connectivity index (χ0) is 12.0. The van der Waals surface area contributed by atoms with Gasteiger partial charge in [0, 0.05) is 23.5 Å². The van der Waals surface area contributed by atoms with E-state index in [-0.39, 0.29) is 5.54 Å². The lowest BCUT2D eigenvalue weighted by Crippen LogP contribution is -2.48. The summed E-state index contributed by atoms with van der Waals surface area (Å²) in [5.74, 6) is 0. The van der Waals surface area contributed by atoms with Gasteiger partial charge >= 0.3 is 0 Å². The number of likely N-dealkylation sites (N-methyl/N-ethyl adjacent to an activating group) is 2. The van der Waals surface area contributed by atoms with Crippen LogP contribution in [0.5, 0.6) is 0 Å². The second kappa shape index (κ2) is 6.38. The molecule has 0 spiro atoms. The molecule has 0 aromatic carbocycles. The molecule has 0 saturated heterocycles. The van der Waals surface area contributed by atoms with Gasteiger partial charge in [0.25, 0.3) is 0 Å². The standard InChI is InChI=1S/C13H24N2S/c1-5-14-13(2,3)11-15(4)9-8-12-7-6-10-16-12/h6-7,10,14H,5,8-9,11H2,1-4H3. The predicted octanol–water partition coefficient (Wildman–Crippen LogP) is 2.61. The van der Waals surface area contributed by atoms with E-state index in [1.807, 2.05) is 11.3 Å². The van der Waals surface area contributed by atoms with Crippen LogP contribution in [0.25, 0.3) is 0 Å². The molecule has 0 aliphatic rings. The van der Waals surface area contributed by atoms with Gasteiger partial charge in [-0.2, -0.15) is 0 Å². The van der Waals surface area contributed by atoms with E-state index in [4.69, 9.17) is 0 Å². The number of hydrogen-bond donors (Lipinski definition) is 1. The van der Waals surface area contributed by atoms with Crippen LogP contribution in [0.1, 0.15) is 25.6 Å². The highest BCUT2D eigenvalue weighted by atomic mass is 32.1. The molecule has 1 rings (SSSR count). The molecule has 2 nitrogen and oxygen atoms in total. The SMILES string of the molecule is CCNC(C)(C)CN(C)CCc1cccs1. The van der Waals surface area contributed by atoms with E-state index in [0.29, 0.717) is 0 Å². The van der Waals surface area contributed by atoms with E-state index in [1.165, 1.54) is 4.88 Å². The number of nitrogens with zero attached hydrogens (tertiary/aromatic N) is 1. The van der Waals surface area contributed by atoms with E-state index in [0.717, 1.165) is 26.1 Å². The van der Waals surface area contributed by atoms with Crippen molar-refractivity contribution in [3.05, 3.63) is 22.4 Å². The van der Waals surface area contributed by atoms with Crippen LogP contribution >= 0.6 is 11.3 Å². The van der Waals surface area contributed by atoms with E-state index in [1.54, 1.807) is 0 Å². The minimum atomic E-state index is 0.207. The van der Waals surface area contributed by atoms with Gasteiger partial charge in [-0.15, -0.1) is 11.3 Å². The molecule has 3 heteroatoms.